The van der Waals surface area contributed by atoms with Gasteiger partial charge in [-0.05, 0) is 42.5 Å². The quantitative estimate of drug-likeness (QED) is 0.466. The molecule has 0 saturated carbocycles. The zero-order valence-electron chi connectivity index (χ0n) is 14.9. The number of amides is 1. The number of hydrogen-bond acceptors (Lipinski definition) is 5. The Morgan fingerprint density at radius 1 is 1.29 bits per heavy atom. The lowest BCUT2D eigenvalue weighted by Crippen LogP contribution is -2.26. The highest BCUT2D eigenvalue weighted by Crippen LogP contribution is 2.21. The number of anilines is 1. The third-order valence-corrected chi connectivity index (χ3v) is 5.07. The van der Waals surface area contributed by atoms with E-state index in [1.807, 2.05) is 0 Å². The molecule has 3 rings (SSSR count). The number of ether oxygens (including phenoxy) is 1. The molecule has 1 aromatic heterocycles. The molecule has 9 heteroatoms. The summed E-state index contributed by atoms with van der Waals surface area (Å²) in [5.74, 6) is -0.646. The summed E-state index contributed by atoms with van der Waals surface area (Å²) in [6.45, 7) is 0.638. The number of hydrogen-bond donors (Lipinski definition) is 1. The number of benzene rings is 2. The number of thioether (sulfide) groups is 1. The highest BCUT2D eigenvalue weighted by molar-refractivity contribution is 7.99. The average Bonchev–Trinajstić information content (AvgIpc) is 2.67. The molecule has 6 nitrogen and oxygen atoms in total. The summed E-state index contributed by atoms with van der Waals surface area (Å²) in [6.07, 6.45) is 0. The molecule has 0 spiro atoms. The van der Waals surface area contributed by atoms with Crippen molar-refractivity contribution in [1.29, 1.82) is 0 Å². The molecular formula is C19H17ClFN3O3S. The molecule has 28 heavy (non-hydrogen) atoms. The normalized spacial score (nSPS) is 11.0. The van der Waals surface area contributed by atoms with E-state index in [2.05, 4.69) is 10.3 Å². The Morgan fingerprint density at radius 3 is 2.75 bits per heavy atom. The summed E-state index contributed by atoms with van der Waals surface area (Å²) < 4.78 is 19.5. The van der Waals surface area contributed by atoms with E-state index in [0.717, 1.165) is 11.8 Å². The van der Waals surface area contributed by atoms with Crippen LogP contribution in [0.2, 0.25) is 5.02 Å². The minimum Gasteiger partial charge on any atom is -0.383 e. The van der Waals surface area contributed by atoms with Crippen molar-refractivity contribution in [2.24, 2.45) is 0 Å². The van der Waals surface area contributed by atoms with Crippen LogP contribution in [0.5, 0.6) is 0 Å². The van der Waals surface area contributed by atoms with E-state index in [4.69, 9.17) is 16.3 Å². The Morgan fingerprint density at radius 2 is 2.04 bits per heavy atom. The van der Waals surface area contributed by atoms with Gasteiger partial charge >= 0.3 is 0 Å². The minimum atomic E-state index is -0.381. The fraction of sp³-hybridized carbons (Fsp3) is 0.211. The Bertz CT molecular complexity index is 1060. The summed E-state index contributed by atoms with van der Waals surface area (Å²) in [5.41, 5.74) is 0.731. The highest BCUT2D eigenvalue weighted by Gasteiger charge is 2.14. The van der Waals surface area contributed by atoms with Gasteiger partial charge in [0.25, 0.3) is 5.56 Å². The summed E-state index contributed by atoms with van der Waals surface area (Å²) in [5, 5.41) is 3.99. The van der Waals surface area contributed by atoms with Gasteiger partial charge in [-0.2, -0.15) is 0 Å². The van der Waals surface area contributed by atoms with E-state index in [1.165, 1.54) is 28.8 Å². The van der Waals surface area contributed by atoms with Gasteiger partial charge in [-0.1, -0.05) is 23.4 Å². The molecule has 1 amide bonds. The molecule has 0 unspecified atom stereocenters. The van der Waals surface area contributed by atoms with Crippen molar-refractivity contribution in [2.75, 3.05) is 24.8 Å². The number of carbonyl (C=O) groups is 1. The van der Waals surface area contributed by atoms with Crippen LogP contribution in [-0.4, -0.2) is 34.9 Å². The Balaban J connectivity index is 1.82. The number of fused-ring (bicyclic) bond motifs is 1. The van der Waals surface area contributed by atoms with Crippen LogP contribution in [0.1, 0.15) is 0 Å². The molecule has 0 bridgehead atoms. The molecule has 3 aromatic rings. The molecule has 0 aliphatic carbocycles. The van der Waals surface area contributed by atoms with Crippen molar-refractivity contribution < 1.29 is 13.9 Å². The van der Waals surface area contributed by atoms with E-state index in [-0.39, 0.29) is 23.0 Å². The number of carbonyl (C=O) groups excluding carboxylic acids is 1. The number of nitrogens with zero attached hydrogens (tertiary/aromatic N) is 2. The third-order valence-electron chi connectivity index (χ3n) is 3.86. The number of halogens is 2. The smallest absolute Gasteiger partial charge is 0.262 e. The molecule has 0 fully saturated rings. The van der Waals surface area contributed by atoms with Crippen LogP contribution in [0.25, 0.3) is 10.9 Å². The summed E-state index contributed by atoms with van der Waals surface area (Å²) in [4.78, 5) is 29.5. The first-order valence-electron chi connectivity index (χ1n) is 8.35. The van der Waals surface area contributed by atoms with Crippen LogP contribution in [0.4, 0.5) is 10.1 Å². The highest BCUT2D eigenvalue weighted by atomic mass is 35.5. The van der Waals surface area contributed by atoms with E-state index in [9.17, 15) is 14.0 Å². The van der Waals surface area contributed by atoms with Crippen molar-refractivity contribution in [2.45, 2.75) is 11.7 Å². The number of nitrogens with one attached hydrogen (secondary N) is 1. The van der Waals surface area contributed by atoms with E-state index < -0.39 is 0 Å². The van der Waals surface area contributed by atoms with E-state index >= 15 is 0 Å². The van der Waals surface area contributed by atoms with Crippen molar-refractivity contribution in [3.63, 3.8) is 0 Å². The lowest BCUT2D eigenvalue weighted by Gasteiger charge is -2.13. The predicted molar refractivity (Wildman–Crippen MR) is 109 cm³/mol. The SMILES string of the molecule is COCCn1c(SCC(=O)Nc2ccc(F)cc2)nc2cc(Cl)ccc2c1=O. The van der Waals surface area contributed by atoms with E-state index in [1.54, 1.807) is 25.3 Å². The maximum Gasteiger partial charge on any atom is 0.262 e. The number of aromatic nitrogens is 2. The van der Waals surface area contributed by atoms with Crippen LogP contribution in [-0.2, 0) is 16.1 Å². The van der Waals surface area contributed by atoms with Crippen molar-refractivity contribution in [1.82, 2.24) is 9.55 Å². The second-order valence-corrected chi connectivity index (χ2v) is 7.23. The first-order chi connectivity index (χ1) is 13.5. The molecular weight excluding hydrogens is 405 g/mol. The molecule has 2 aromatic carbocycles. The molecule has 0 aliphatic heterocycles. The Hall–Kier alpha value is -2.42. The number of methoxy groups -OCH3 is 1. The lowest BCUT2D eigenvalue weighted by atomic mass is 10.2. The first-order valence-corrected chi connectivity index (χ1v) is 9.71. The fourth-order valence-corrected chi connectivity index (χ4v) is 3.52. The van der Waals surface area contributed by atoms with Gasteiger partial charge in [-0.3, -0.25) is 14.2 Å². The van der Waals surface area contributed by atoms with Gasteiger partial charge in [0, 0.05) is 17.8 Å². The minimum absolute atomic E-state index is 0.0306. The number of rotatable bonds is 7. The topological polar surface area (TPSA) is 73.2 Å². The van der Waals surface area contributed by atoms with Crippen LogP contribution in [0.15, 0.2) is 52.4 Å². The van der Waals surface area contributed by atoms with Crippen LogP contribution in [0, 0.1) is 5.82 Å². The molecule has 0 saturated heterocycles. The molecule has 146 valence electrons. The van der Waals surface area contributed by atoms with Crippen molar-refractivity contribution >= 4 is 45.9 Å². The zero-order chi connectivity index (χ0) is 20.1. The molecule has 1 N–H and O–H groups in total. The zero-order valence-corrected chi connectivity index (χ0v) is 16.5. The molecule has 0 atom stereocenters. The lowest BCUT2D eigenvalue weighted by molar-refractivity contribution is -0.113. The second kappa shape index (κ2) is 9.18. The molecule has 0 aliphatic rings. The van der Waals surface area contributed by atoms with Gasteiger partial charge in [0.1, 0.15) is 5.82 Å². The fourth-order valence-electron chi connectivity index (χ4n) is 2.52. The van der Waals surface area contributed by atoms with Gasteiger partial charge < -0.3 is 10.1 Å². The van der Waals surface area contributed by atoms with Gasteiger partial charge in [0.05, 0.1) is 29.8 Å². The first kappa shape index (κ1) is 20.3. The van der Waals surface area contributed by atoms with E-state index in [0.29, 0.717) is 39.9 Å². The third kappa shape index (κ3) is 4.89. The summed E-state index contributed by atoms with van der Waals surface area (Å²) in [6, 6.07) is 10.4. The largest absolute Gasteiger partial charge is 0.383 e. The van der Waals surface area contributed by atoms with Gasteiger partial charge in [-0.25, -0.2) is 9.37 Å². The predicted octanol–water partition coefficient (Wildman–Crippen LogP) is 3.57. The monoisotopic (exact) mass is 421 g/mol. The van der Waals surface area contributed by atoms with Crippen LogP contribution < -0.4 is 10.9 Å². The van der Waals surface area contributed by atoms with Crippen LogP contribution in [0.3, 0.4) is 0 Å². The van der Waals surface area contributed by atoms with Crippen molar-refractivity contribution in [3.05, 3.63) is 63.7 Å². The van der Waals surface area contributed by atoms with Gasteiger partial charge in [0.2, 0.25) is 5.91 Å². The second-order valence-electron chi connectivity index (χ2n) is 5.85. The van der Waals surface area contributed by atoms with Crippen LogP contribution >= 0.6 is 23.4 Å². The maximum absolute atomic E-state index is 13.0. The van der Waals surface area contributed by atoms with Gasteiger partial charge in [0.15, 0.2) is 5.16 Å². The Kier molecular flexibility index (Phi) is 6.66. The van der Waals surface area contributed by atoms with Crippen molar-refractivity contribution in [3.8, 4) is 0 Å². The molecule has 1 heterocycles. The van der Waals surface area contributed by atoms with Gasteiger partial charge in [-0.15, -0.1) is 0 Å². The maximum atomic E-state index is 13.0. The standard InChI is InChI=1S/C19H17ClFN3O3S/c1-27-9-8-24-18(26)15-7-2-12(20)10-16(15)23-19(24)28-11-17(25)22-14-5-3-13(21)4-6-14/h2-7,10H,8-9,11H2,1H3,(H,22,25). The summed E-state index contributed by atoms with van der Waals surface area (Å²) >= 11 is 7.14. The Labute approximate surface area is 169 Å². The average molecular weight is 422 g/mol. The molecule has 0 radical (unpaired) electrons. The summed E-state index contributed by atoms with van der Waals surface area (Å²) in [7, 11) is 1.54.